The molecule has 0 saturated heterocycles. The summed E-state index contributed by atoms with van der Waals surface area (Å²) < 4.78 is 26.7. The molecule has 0 aliphatic rings. The smallest absolute Gasteiger partial charge is 0.303 e. The van der Waals surface area contributed by atoms with E-state index in [0.29, 0.717) is 79.0 Å². The van der Waals surface area contributed by atoms with Crippen LogP contribution in [0.3, 0.4) is 0 Å². The fourth-order valence-electron chi connectivity index (χ4n) is 1.56. The monoisotopic (exact) mass is 415 g/mol. The highest BCUT2D eigenvalue weighted by Crippen LogP contribution is 2.21. The Labute approximate surface area is 164 Å². The normalized spacial score (nSPS) is 11.1. The standard InChI is InChI=1S/C16H33NO7S2/c17-3-4-20-5-6-21-7-8-22-9-10-23-11-12-24-13-15-26-25-14-1-2-16(18)19/h1-15,17H2,(H,18,19). The maximum atomic E-state index is 10.3. The maximum Gasteiger partial charge on any atom is 0.303 e. The van der Waals surface area contributed by atoms with E-state index in [1.807, 2.05) is 0 Å². The van der Waals surface area contributed by atoms with Gasteiger partial charge in [0.05, 0.1) is 66.1 Å². The van der Waals surface area contributed by atoms with Crippen molar-refractivity contribution in [2.24, 2.45) is 5.73 Å². The molecule has 8 nitrogen and oxygen atoms in total. The Morgan fingerprint density at radius 1 is 0.692 bits per heavy atom. The maximum absolute atomic E-state index is 10.3. The first kappa shape index (κ1) is 25.9. The fraction of sp³-hybridized carbons (Fsp3) is 0.938. The van der Waals surface area contributed by atoms with Gasteiger partial charge in [-0.05, 0) is 6.42 Å². The van der Waals surface area contributed by atoms with Gasteiger partial charge < -0.3 is 34.5 Å². The lowest BCUT2D eigenvalue weighted by molar-refractivity contribution is -0.137. The van der Waals surface area contributed by atoms with Crippen LogP contribution in [0.5, 0.6) is 0 Å². The van der Waals surface area contributed by atoms with Crippen LogP contribution in [0.25, 0.3) is 0 Å². The molecular formula is C16H33NO7S2. The average molecular weight is 416 g/mol. The van der Waals surface area contributed by atoms with Gasteiger partial charge in [-0.15, -0.1) is 0 Å². The molecule has 0 aromatic heterocycles. The zero-order chi connectivity index (χ0) is 19.1. The summed E-state index contributed by atoms with van der Waals surface area (Å²) in [5.74, 6) is 1.01. The van der Waals surface area contributed by atoms with E-state index in [1.54, 1.807) is 21.6 Å². The Morgan fingerprint density at radius 3 is 1.58 bits per heavy atom. The number of rotatable bonds is 22. The van der Waals surface area contributed by atoms with Crippen LogP contribution in [-0.2, 0) is 28.5 Å². The molecule has 0 saturated carbocycles. The second kappa shape index (κ2) is 23.0. The van der Waals surface area contributed by atoms with Crippen molar-refractivity contribution in [3.8, 4) is 0 Å². The molecule has 26 heavy (non-hydrogen) atoms. The summed E-state index contributed by atoms with van der Waals surface area (Å²) in [6.07, 6.45) is 0.946. The molecule has 3 N–H and O–H groups in total. The lowest BCUT2D eigenvalue weighted by Gasteiger charge is -2.07. The van der Waals surface area contributed by atoms with E-state index in [2.05, 4.69) is 0 Å². The zero-order valence-corrected chi connectivity index (χ0v) is 17.0. The van der Waals surface area contributed by atoms with Gasteiger partial charge in [0.15, 0.2) is 0 Å². The quantitative estimate of drug-likeness (QED) is 0.198. The molecule has 0 unspecified atom stereocenters. The van der Waals surface area contributed by atoms with Crippen molar-refractivity contribution in [2.45, 2.75) is 12.8 Å². The van der Waals surface area contributed by atoms with E-state index in [9.17, 15) is 4.79 Å². The third-order valence-corrected chi connectivity index (χ3v) is 5.22. The first-order valence-corrected chi connectivity index (χ1v) is 11.3. The van der Waals surface area contributed by atoms with Gasteiger partial charge in [0.25, 0.3) is 0 Å². The molecule has 0 spiro atoms. The van der Waals surface area contributed by atoms with Gasteiger partial charge in [-0.3, -0.25) is 4.79 Å². The predicted octanol–water partition coefficient (Wildman–Crippen LogP) is 1.27. The molecule has 0 aromatic rings. The van der Waals surface area contributed by atoms with Gasteiger partial charge in [-0.1, -0.05) is 21.6 Å². The number of carbonyl (C=O) groups is 1. The summed E-state index contributed by atoms with van der Waals surface area (Å²) in [4.78, 5) is 10.3. The molecule has 0 aliphatic heterocycles. The van der Waals surface area contributed by atoms with E-state index in [4.69, 9.17) is 34.5 Å². The van der Waals surface area contributed by atoms with Crippen molar-refractivity contribution in [1.82, 2.24) is 0 Å². The number of hydrogen-bond acceptors (Lipinski definition) is 9. The Hall–Kier alpha value is -0.0700. The second-order valence-corrected chi connectivity index (χ2v) is 7.69. The minimum atomic E-state index is -0.734. The fourth-order valence-corrected chi connectivity index (χ4v) is 3.51. The minimum Gasteiger partial charge on any atom is -0.481 e. The van der Waals surface area contributed by atoms with Crippen LogP contribution in [0.2, 0.25) is 0 Å². The Balaban J connectivity index is 2.98. The predicted molar refractivity (Wildman–Crippen MR) is 105 cm³/mol. The molecule has 0 atom stereocenters. The van der Waals surface area contributed by atoms with Gasteiger partial charge >= 0.3 is 5.97 Å². The number of ether oxygens (including phenoxy) is 5. The molecule has 0 fully saturated rings. The molecule has 0 rings (SSSR count). The lowest BCUT2D eigenvalue weighted by atomic mass is 10.3. The molecule has 156 valence electrons. The largest absolute Gasteiger partial charge is 0.481 e. The van der Waals surface area contributed by atoms with E-state index >= 15 is 0 Å². The summed E-state index contributed by atoms with van der Waals surface area (Å²) >= 11 is 0. The summed E-state index contributed by atoms with van der Waals surface area (Å²) in [5, 5.41) is 8.50. The summed E-state index contributed by atoms with van der Waals surface area (Å²) in [5.41, 5.74) is 5.29. The molecule has 0 aromatic carbocycles. The molecular weight excluding hydrogens is 382 g/mol. The van der Waals surface area contributed by atoms with Crippen LogP contribution in [0.1, 0.15) is 12.8 Å². The van der Waals surface area contributed by atoms with E-state index < -0.39 is 5.97 Å². The summed E-state index contributed by atoms with van der Waals surface area (Å²) in [6, 6.07) is 0. The van der Waals surface area contributed by atoms with Crippen LogP contribution in [-0.4, -0.2) is 95.2 Å². The van der Waals surface area contributed by atoms with Gasteiger partial charge in [0.1, 0.15) is 0 Å². The van der Waals surface area contributed by atoms with Gasteiger partial charge in [-0.2, -0.15) is 0 Å². The molecule has 0 aliphatic carbocycles. The highest BCUT2D eigenvalue weighted by molar-refractivity contribution is 8.76. The summed E-state index contributed by atoms with van der Waals surface area (Å²) in [7, 11) is 3.39. The van der Waals surface area contributed by atoms with Crippen LogP contribution in [0.15, 0.2) is 0 Å². The SMILES string of the molecule is NCCOCCOCCOCCOCCOCCSSCCCC(=O)O. The molecule has 0 heterocycles. The minimum absolute atomic E-state index is 0.238. The highest BCUT2D eigenvalue weighted by atomic mass is 33.1. The average Bonchev–Trinajstić information content (AvgIpc) is 2.62. The van der Waals surface area contributed by atoms with Gasteiger partial charge in [-0.25, -0.2) is 0 Å². The van der Waals surface area contributed by atoms with Crippen LogP contribution in [0.4, 0.5) is 0 Å². The number of nitrogens with two attached hydrogens (primary N) is 1. The van der Waals surface area contributed by atoms with Gasteiger partial charge in [0.2, 0.25) is 0 Å². The van der Waals surface area contributed by atoms with Gasteiger partial charge in [0, 0.05) is 24.5 Å². The number of aliphatic carboxylic acids is 1. The third kappa shape index (κ3) is 23.9. The van der Waals surface area contributed by atoms with Crippen LogP contribution < -0.4 is 5.73 Å². The number of carboxylic acids is 1. The van der Waals surface area contributed by atoms with Crippen molar-refractivity contribution in [1.29, 1.82) is 0 Å². The van der Waals surface area contributed by atoms with Crippen molar-refractivity contribution in [3.63, 3.8) is 0 Å². The van der Waals surface area contributed by atoms with Crippen molar-refractivity contribution >= 4 is 27.6 Å². The van der Waals surface area contributed by atoms with E-state index in [-0.39, 0.29) is 6.42 Å². The van der Waals surface area contributed by atoms with E-state index in [1.165, 1.54) is 0 Å². The van der Waals surface area contributed by atoms with Crippen molar-refractivity contribution < 1.29 is 33.6 Å². The molecule has 10 heteroatoms. The first-order chi connectivity index (χ1) is 12.8. The lowest BCUT2D eigenvalue weighted by Crippen LogP contribution is -2.15. The van der Waals surface area contributed by atoms with Crippen LogP contribution in [0, 0.1) is 0 Å². The second-order valence-electron chi connectivity index (χ2n) is 4.99. The first-order valence-electron chi connectivity index (χ1n) is 8.82. The third-order valence-electron chi connectivity index (χ3n) is 2.76. The summed E-state index contributed by atoms with van der Waals surface area (Å²) in [6.45, 7) is 6.15. The highest BCUT2D eigenvalue weighted by Gasteiger charge is 1.97. The molecule has 0 bridgehead atoms. The van der Waals surface area contributed by atoms with E-state index in [0.717, 1.165) is 11.5 Å². The molecule has 0 amide bonds. The van der Waals surface area contributed by atoms with Crippen molar-refractivity contribution in [3.05, 3.63) is 0 Å². The Kier molecular flexibility index (Phi) is 22.9. The Bertz CT molecular complexity index is 302. The number of carboxylic acid groups (broad SMARTS) is 1. The topological polar surface area (TPSA) is 109 Å². The van der Waals surface area contributed by atoms with Crippen LogP contribution >= 0.6 is 21.6 Å². The molecule has 0 radical (unpaired) electrons. The zero-order valence-electron chi connectivity index (χ0n) is 15.4. The Morgan fingerprint density at radius 2 is 1.12 bits per heavy atom. The number of hydrogen-bond donors (Lipinski definition) is 2. The van der Waals surface area contributed by atoms with Crippen molar-refractivity contribution in [2.75, 3.05) is 84.1 Å².